The van der Waals surface area contributed by atoms with E-state index in [0.717, 1.165) is 18.8 Å². The summed E-state index contributed by atoms with van der Waals surface area (Å²) in [5, 5.41) is 3.60. The van der Waals surface area contributed by atoms with Crippen molar-refractivity contribution in [2.24, 2.45) is 10.4 Å². The molecule has 3 heterocycles. The first-order chi connectivity index (χ1) is 18.5. The number of carbonyl (C=O) groups excluding carboxylic acids is 2. The van der Waals surface area contributed by atoms with Crippen LogP contribution in [0.5, 0.6) is 5.75 Å². The molecule has 2 aromatic carbocycles. The number of fused-ring (bicyclic) bond motifs is 2. The van der Waals surface area contributed by atoms with E-state index in [4.69, 9.17) is 34.4 Å². The van der Waals surface area contributed by atoms with Crippen LogP contribution in [0.1, 0.15) is 33.0 Å². The van der Waals surface area contributed by atoms with E-state index in [1.807, 2.05) is 4.57 Å². The second-order valence-corrected chi connectivity index (χ2v) is 11.2. The molecule has 3 aromatic rings. The van der Waals surface area contributed by atoms with Crippen LogP contribution in [0.15, 0.2) is 35.3 Å². The molecule has 0 fully saturated rings. The summed E-state index contributed by atoms with van der Waals surface area (Å²) in [6.45, 7) is 6.84. The molecule has 0 spiro atoms. The van der Waals surface area contributed by atoms with Crippen LogP contribution >= 0.6 is 34.7 Å². The molecule has 1 aromatic heterocycles. The van der Waals surface area contributed by atoms with Gasteiger partial charge in [0, 0.05) is 42.7 Å². The molecule has 0 bridgehead atoms. The SMILES string of the molecule is C#CCN1C(=O)COc2cc(F)c(N=c3snc4n3CC(C)(C)C4)cc21.CCC(=O)Nc1ccc(Cl)c(Cl)c1. The summed E-state index contributed by atoms with van der Waals surface area (Å²) in [7, 11) is 0. The zero-order valence-corrected chi connectivity index (χ0v) is 23.9. The highest BCUT2D eigenvalue weighted by molar-refractivity contribution is 7.02. The molecule has 1 N–H and O–H groups in total. The van der Waals surface area contributed by atoms with Gasteiger partial charge < -0.3 is 14.6 Å². The summed E-state index contributed by atoms with van der Waals surface area (Å²) in [6.07, 6.45) is 6.66. The topological polar surface area (TPSA) is 88.8 Å². The molecule has 0 saturated carbocycles. The van der Waals surface area contributed by atoms with Gasteiger partial charge in [-0.05, 0) is 29.7 Å². The maximum Gasteiger partial charge on any atom is 0.265 e. The van der Waals surface area contributed by atoms with Crippen molar-refractivity contribution >= 4 is 63.6 Å². The molecule has 39 heavy (non-hydrogen) atoms. The molecule has 2 aliphatic heterocycles. The van der Waals surface area contributed by atoms with Gasteiger partial charge >= 0.3 is 0 Å². The standard InChI is InChI=1S/C18H17FN4O2S.C9H9Cl2NO/c1-4-5-22-13-7-12(11(19)6-14(13)25-9-16(22)24)20-17-23-10-18(2,3)8-15(23)21-26-17;1-2-9(13)12-6-3-4-7(10)8(11)5-6/h1,6-7H,5,8-10H2,2-3H3;3-5H,2H2,1H3,(H,12,13). The summed E-state index contributed by atoms with van der Waals surface area (Å²) < 4.78 is 26.3. The number of ether oxygens (including phenoxy) is 1. The molecule has 2 amide bonds. The number of halogens is 3. The largest absolute Gasteiger partial charge is 0.481 e. The molecule has 0 radical (unpaired) electrons. The van der Waals surface area contributed by atoms with Crippen LogP contribution in [0.25, 0.3) is 0 Å². The van der Waals surface area contributed by atoms with Gasteiger partial charge in [0.05, 0.1) is 22.3 Å². The monoisotopic (exact) mass is 589 g/mol. The molecule has 0 aliphatic carbocycles. The van der Waals surface area contributed by atoms with Gasteiger partial charge in [-0.3, -0.25) is 14.5 Å². The highest BCUT2D eigenvalue weighted by atomic mass is 35.5. The van der Waals surface area contributed by atoms with Crippen LogP contribution < -0.4 is 19.8 Å². The normalized spacial score (nSPS) is 15.5. The molecular formula is C27H26Cl2FN5O3S. The van der Waals surface area contributed by atoms with Crippen LogP contribution in [-0.4, -0.2) is 33.9 Å². The fourth-order valence-corrected chi connectivity index (χ4v) is 5.13. The van der Waals surface area contributed by atoms with E-state index in [-0.39, 0.29) is 36.1 Å². The van der Waals surface area contributed by atoms with Crippen LogP contribution in [0.2, 0.25) is 10.0 Å². The van der Waals surface area contributed by atoms with Crippen molar-refractivity contribution in [1.29, 1.82) is 0 Å². The van der Waals surface area contributed by atoms with Gasteiger partial charge in [0.15, 0.2) is 12.4 Å². The highest BCUT2D eigenvalue weighted by Gasteiger charge is 2.31. The Morgan fingerprint density at radius 1 is 1.31 bits per heavy atom. The highest BCUT2D eigenvalue weighted by Crippen LogP contribution is 2.37. The Hall–Kier alpha value is -3.39. The Kier molecular flexibility index (Phi) is 8.64. The number of benzene rings is 2. The first-order valence-electron chi connectivity index (χ1n) is 12.1. The Bertz CT molecular complexity index is 1540. The Balaban J connectivity index is 0.000000229. The van der Waals surface area contributed by atoms with E-state index in [1.165, 1.54) is 28.6 Å². The number of hydrogen-bond acceptors (Lipinski definition) is 6. The lowest BCUT2D eigenvalue weighted by Crippen LogP contribution is -2.39. The van der Waals surface area contributed by atoms with Crippen molar-refractivity contribution in [3.63, 3.8) is 0 Å². The van der Waals surface area contributed by atoms with Crippen molar-refractivity contribution in [3.8, 4) is 18.1 Å². The Morgan fingerprint density at radius 2 is 2.08 bits per heavy atom. The average Bonchev–Trinajstić information content (AvgIpc) is 3.39. The van der Waals surface area contributed by atoms with Gasteiger partial charge in [-0.2, -0.15) is 4.37 Å². The van der Waals surface area contributed by atoms with Gasteiger partial charge in [-0.25, -0.2) is 9.38 Å². The van der Waals surface area contributed by atoms with Crippen molar-refractivity contribution in [1.82, 2.24) is 8.94 Å². The summed E-state index contributed by atoms with van der Waals surface area (Å²) in [5.74, 6) is 2.88. The minimum atomic E-state index is -0.515. The van der Waals surface area contributed by atoms with Gasteiger partial charge in [0.2, 0.25) is 10.7 Å². The third-order valence-corrected chi connectivity index (χ3v) is 7.48. The summed E-state index contributed by atoms with van der Waals surface area (Å²) in [6, 6.07) is 7.74. The lowest BCUT2D eigenvalue weighted by atomic mass is 9.92. The minimum absolute atomic E-state index is 0.0432. The number of rotatable bonds is 4. The summed E-state index contributed by atoms with van der Waals surface area (Å²) >= 11 is 12.7. The van der Waals surface area contributed by atoms with E-state index in [9.17, 15) is 14.0 Å². The zero-order chi connectivity index (χ0) is 28.3. The summed E-state index contributed by atoms with van der Waals surface area (Å²) in [4.78, 5) is 29.6. The fraction of sp³-hybridized carbons (Fsp3) is 0.333. The third kappa shape index (κ3) is 6.61. The number of amides is 2. The fourth-order valence-electron chi connectivity index (χ4n) is 4.07. The number of aromatic nitrogens is 2. The van der Waals surface area contributed by atoms with Crippen LogP contribution in [0, 0.1) is 23.6 Å². The molecule has 5 rings (SSSR count). The van der Waals surface area contributed by atoms with Crippen molar-refractivity contribution in [2.75, 3.05) is 23.4 Å². The van der Waals surface area contributed by atoms with Gasteiger partial charge in [-0.15, -0.1) is 6.42 Å². The predicted molar refractivity (Wildman–Crippen MR) is 151 cm³/mol. The second kappa shape index (κ2) is 11.8. The molecule has 0 unspecified atom stereocenters. The van der Waals surface area contributed by atoms with Crippen LogP contribution in [-0.2, 0) is 22.6 Å². The molecule has 8 nitrogen and oxygen atoms in total. The van der Waals surface area contributed by atoms with Gasteiger partial charge in [-0.1, -0.05) is 49.9 Å². The number of hydrogen-bond donors (Lipinski definition) is 1. The maximum absolute atomic E-state index is 14.5. The van der Waals surface area contributed by atoms with Crippen molar-refractivity contribution in [3.05, 3.63) is 56.8 Å². The van der Waals surface area contributed by atoms with Gasteiger partial charge in [0.25, 0.3) is 5.91 Å². The quantitative estimate of drug-likeness (QED) is 0.401. The van der Waals surface area contributed by atoms with Gasteiger partial charge in [0.1, 0.15) is 17.3 Å². The maximum atomic E-state index is 14.5. The average molecular weight is 591 g/mol. The smallest absolute Gasteiger partial charge is 0.265 e. The molecule has 2 aliphatic rings. The number of nitrogens with zero attached hydrogens (tertiary/aromatic N) is 4. The molecule has 0 saturated heterocycles. The first kappa shape index (κ1) is 28.6. The van der Waals surface area contributed by atoms with E-state index in [1.54, 1.807) is 25.1 Å². The van der Waals surface area contributed by atoms with E-state index < -0.39 is 5.82 Å². The van der Waals surface area contributed by atoms with E-state index in [2.05, 4.69) is 34.5 Å². The lowest BCUT2D eigenvalue weighted by molar-refractivity contribution is -0.121. The van der Waals surface area contributed by atoms with E-state index in [0.29, 0.717) is 38.4 Å². The number of terminal acetylenes is 1. The summed E-state index contributed by atoms with van der Waals surface area (Å²) in [5.41, 5.74) is 1.35. The number of carbonyl (C=O) groups is 2. The Morgan fingerprint density at radius 3 is 2.77 bits per heavy atom. The Labute approximate surface area is 239 Å². The molecule has 0 atom stereocenters. The number of nitrogens with one attached hydrogen (secondary N) is 1. The second-order valence-electron chi connectivity index (χ2n) is 9.69. The predicted octanol–water partition coefficient (Wildman–Crippen LogP) is 5.60. The molecular weight excluding hydrogens is 564 g/mol. The van der Waals surface area contributed by atoms with E-state index >= 15 is 0 Å². The first-order valence-corrected chi connectivity index (χ1v) is 13.6. The third-order valence-electron chi connectivity index (χ3n) is 5.96. The van der Waals surface area contributed by atoms with Crippen molar-refractivity contribution < 1.29 is 18.7 Å². The van der Waals surface area contributed by atoms with Crippen molar-refractivity contribution in [2.45, 2.75) is 40.2 Å². The minimum Gasteiger partial charge on any atom is -0.481 e. The van der Waals surface area contributed by atoms with Crippen LogP contribution in [0.3, 0.4) is 0 Å². The molecule has 204 valence electrons. The number of anilines is 2. The van der Waals surface area contributed by atoms with Crippen LogP contribution in [0.4, 0.5) is 21.5 Å². The molecule has 12 heteroatoms. The lowest BCUT2D eigenvalue weighted by Gasteiger charge is -2.28. The zero-order valence-electron chi connectivity index (χ0n) is 21.6.